The summed E-state index contributed by atoms with van der Waals surface area (Å²) in [6.45, 7) is 4.51. The van der Waals surface area contributed by atoms with Gasteiger partial charge in [-0.3, -0.25) is 4.79 Å². The number of carbonyl (C=O) groups is 1. The normalized spacial score (nSPS) is 13.1. The zero-order valence-electron chi connectivity index (χ0n) is 11.6. The molecule has 5 heteroatoms. The first kappa shape index (κ1) is 16.3. The van der Waals surface area contributed by atoms with Crippen LogP contribution in [0.3, 0.4) is 0 Å². The molecule has 19 heavy (non-hydrogen) atoms. The number of amides is 1. The Labute approximate surface area is 124 Å². The number of rotatable bonds is 6. The van der Waals surface area contributed by atoms with E-state index >= 15 is 0 Å². The first-order valence-corrected chi connectivity index (χ1v) is 7.80. The number of nitrogens with one attached hydrogen (secondary N) is 1. The van der Waals surface area contributed by atoms with Crippen molar-refractivity contribution in [3.05, 3.63) is 34.9 Å². The first-order chi connectivity index (χ1) is 8.86. The number of benzene rings is 1. The van der Waals surface area contributed by atoms with E-state index in [0.29, 0.717) is 11.6 Å². The molecule has 106 valence electrons. The molecule has 0 aliphatic carbocycles. The van der Waals surface area contributed by atoms with Crippen LogP contribution < -0.4 is 11.1 Å². The average molecular weight is 301 g/mol. The van der Waals surface area contributed by atoms with Crippen molar-refractivity contribution in [3.63, 3.8) is 0 Å². The Balaban J connectivity index is 2.43. The van der Waals surface area contributed by atoms with Gasteiger partial charge in [0.25, 0.3) is 0 Å². The minimum Gasteiger partial charge on any atom is -0.354 e. The zero-order valence-corrected chi connectivity index (χ0v) is 13.1. The van der Waals surface area contributed by atoms with Crippen molar-refractivity contribution in [2.45, 2.75) is 31.1 Å². The average Bonchev–Trinajstić information content (AvgIpc) is 2.37. The molecular formula is C14H21ClN2OS. The van der Waals surface area contributed by atoms with E-state index in [9.17, 15) is 4.79 Å². The molecule has 0 bridgehead atoms. The highest BCUT2D eigenvalue weighted by atomic mass is 35.5. The van der Waals surface area contributed by atoms with E-state index in [1.54, 1.807) is 11.8 Å². The van der Waals surface area contributed by atoms with E-state index in [1.807, 2.05) is 44.4 Å². The monoisotopic (exact) mass is 300 g/mol. The molecule has 0 heterocycles. The Morgan fingerprint density at radius 3 is 2.79 bits per heavy atom. The zero-order chi connectivity index (χ0) is 14.5. The summed E-state index contributed by atoms with van der Waals surface area (Å²) in [5, 5.41) is 3.58. The summed E-state index contributed by atoms with van der Waals surface area (Å²) in [5.74, 6) is -0.110. The van der Waals surface area contributed by atoms with Gasteiger partial charge in [0.15, 0.2) is 0 Å². The minimum atomic E-state index is -0.512. The highest BCUT2D eigenvalue weighted by Gasteiger charge is 2.30. The number of carbonyl (C=O) groups excluding carboxylic acids is 1. The van der Waals surface area contributed by atoms with Gasteiger partial charge in [0, 0.05) is 16.3 Å². The standard InChI is InChI=1S/C14H21ClN2OS/c1-14(2,19-3)12(16)13(18)17-8-7-10-5-4-6-11(15)9-10/h4-6,9,12H,7-8,16H2,1-3H3,(H,17,18)/t12-/m1/s1. The SMILES string of the molecule is CSC(C)(C)[C@H](N)C(=O)NCCc1cccc(Cl)c1. The summed E-state index contributed by atoms with van der Waals surface area (Å²) in [4.78, 5) is 11.9. The van der Waals surface area contributed by atoms with Crippen molar-refractivity contribution in [1.29, 1.82) is 0 Å². The topological polar surface area (TPSA) is 55.1 Å². The summed E-state index contributed by atoms with van der Waals surface area (Å²) in [6.07, 6.45) is 2.71. The molecule has 0 saturated heterocycles. The van der Waals surface area contributed by atoms with E-state index in [2.05, 4.69) is 5.32 Å². The predicted molar refractivity (Wildman–Crippen MR) is 83.7 cm³/mol. The van der Waals surface area contributed by atoms with Gasteiger partial charge in [-0.15, -0.1) is 0 Å². The molecule has 0 spiro atoms. The maximum atomic E-state index is 11.9. The van der Waals surface area contributed by atoms with Crippen molar-refractivity contribution in [3.8, 4) is 0 Å². The summed E-state index contributed by atoms with van der Waals surface area (Å²) >= 11 is 7.50. The van der Waals surface area contributed by atoms with Crippen molar-refractivity contribution < 1.29 is 4.79 Å². The third kappa shape index (κ3) is 5.05. The van der Waals surface area contributed by atoms with Crippen molar-refractivity contribution in [2.75, 3.05) is 12.8 Å². The van der Waals surface area contributed by atoms with Crippen LogP contribution in [0.5, 0.6) is 0 Å². The first-order valence-electron chi connectivity index (χ1n) is 6.19. The van der Waals surface area contributed by atoms with Crippen molar-refractivity contribution in [2.24, 2.45) is 5.73 Å². The maximum Gasteiger partial charge on any atom is 0.238 e. The fourth-order valence-electron chi connectivity index (χ4n) is 1.58. The van der Waals surface area contributed by atoms with Crippen LogP contribution in [0.4, 0.5) is 0 Å². The second kappa shape index (κ2) is 7.17. The quantitative estimate of drug-likeness (QED) is 0.848. The second-order valence-corrected chi connectivity index (χ2v) is 6.85. The fourth-order valence-corrected chi connectivity index (χ4v) is 2.15. The van der Waals surface area contributed by atoms with Crippen LogP contribution in [0, 0.1) is 0 Å². The Kier molecular flexibility index (Phi) is 6.17. The molecule has 1 aromatic rings. The molecule has 0 fully saturated rings. The largest absolute Gasteiger partial charge is 0.354 e. The Morgan fingerprint density at radius 2 is 2.21 bits per heavy atom. The number of halogens is 1. The molecule has 1 atom stereocenters. The number of hydrogen-bond acceptors (Lipinski definition) is 3. The molecular weight excluding hydrogens is 280 g/mol. The van der Waals surface area contributed by atoms with Crippen LogP contribution in [0.1, 0.15) is 19.4 Å². The van der Waals surface area contributed by atoms with Gasteiger partial charge in [0.2, 0.25) is 5.91 Å². The van der Waals surface area contributed by atoms with Crippen molar-refractivity contribution in [1.82, 2.24) is 5.32 Å². The lowest BCUT2D eigenvalue weighted by Gasteiger charge is -2.28. The lowest BCUT2D eigenvalue weighted by atomic mass is 10.0. The van der Waals surface area contributed by atoms with Crippen LogP contribution in [-0.4, -0.2) is 29.5 Å². The van der Waals surface area contributed by atoms with Crippen LogP contribution in [-0.2, 0) is 11.2 Å². The smallest absolute Gasteiger partial charge is 0.238 e. The van der Waals surface area contributed by atoms with Gasteiger partial charge in [-0.25, -0.2) is 0 Å². The lowest BCUT2D eigenvalue weighted by Crippen LogP contribution is -2.52. The molecule has 1 rings (SSSR count). The number of hydrogen-bond donors (Lipinski definition) is 2. The molecule has 0 unspecified atom stereocenters. The van der Waals surface area contributed by atoms with E-state index in [1.165, 1.54) is 0 Å². The van der Waals surface area contributed by atoms with E-state index < -0.39 is 6.04 Å². The minimum absolute atomic E-state index is 0.110. The molecule has 0 aliphatic rings. The molecule has 1 amide bonds. The Bertz CT molecular complexity index is 437. The van der Waals surface area contributed by atoms with Crippen LogP contribution in [0.15, 0.2) is 24.3 Å². The third-order valence-corrected chi connectivity index (χ3v) is 4.70. The molecule has 1 aromatic carbocycles. The number of nitrogens with two attached hydrogens (primary N) is 1. The highest BCUT2D eigenvalue weighted by molar-refractivity contribution is 8.00. The van der Waals surface area contributed by atoms with Gasteiger partial charge in [0.1, 0.15) is 0 Å². The summed E-state index contributed by atoms with van der Waals surface area (Å²) < 4.78 is -0.264. The molecule has 3 N–H and O–H groups in total. The van der Waals surface area contributed by atoms with Crippen molar-refractivity contribution >= 4 is 29.3 Å². The van der Waals surface area contributed by atoms with Crippen LogP contribution >= 0.6 is 23.4 Å². The summed E-state index contributed by atoms with van der Waals surface area (Å²) in [7, 11) is 0. The number of thioether (sulfide) groups is 1. The van der Waals surface area contributed by atoms with Gasteiger partial charge in [-0.1, -0.05) is 23.7 Å². The van der Waals surface area contributed by atoms with Gasteiger partial charge < -0.3 is 11.1 Å². The fraction of sp³-hybridized carbons (Fsp3) is 0.500. The second-order valence-electron chi connectivity index (χ2n) is 4.96. The summed E-state index contributed by atoms with van der Waals surface area (Å²) in [6, 6.07) is 7.12. The molecule has 3 nitrogen and oxygen atoms in total. The lowest BCUT2D eigenvalue weighted by molar-refractivity contribution is -0.122. The van der Waals surface area contributed by atoms with E-state index in [4.69, 9.17) is 17.3 Å². The van der Waals surface area contributed by atoms with E-state index in [-0.39, 0.29) is 10.7 Å². The Hall–Kier alpha value is -0.710. The van der Waals surface area contributed by atoms with Gasteiger partial charge in [-0.2, -0.15) is 11.8 Å². The molecule has 0 saturated carbocycles. The van der Waals surface area contributed by atoms with Crippen LogP contribution in [0.25, 0.3) is 0 Å². The van der Waals surface area contributed by atoms with Gasteiger partial charge >= 0.3 is 0 Å². The molecule has 0 aliphatic heterocycles. The summed E-state index contributed by atoms with van der Waals surface area (Å²) in [5.41, 5.74) is 7.06. The maximum absolute atomic E-state index is 11.9. The van der Waals surface area contributed by atoms with E-state index in [0.717, 1.165) is 12.0 Å². The highest BCUT2D eigenvalue weighted by Crippen LogP contribution is 2.24. The third-order valence-electron chi connectivity index (χ3n) is 3.16. The van der Waals surface area contributed by atoms with Crippen LogP contribution in [0.2, 0.25) is 5.02 Å². The molecule has 0 aromatic heterocycles. The Morgan fingerprint density at radius 1 is 1.53 bits per heavy atom. The predicted octanol–water partition coefficient (Wildman–Crippen LogP) is 2.47. The van der Waals surface area contributed by atoms with Gasteiger partial charge in [0.05, 0.1) is 6.04 Å². The molecule has 0 radical (unpaired) electrons. The van der Waals surface area contributed by atoms with Gasteiger partial charge in [-0.05, 0) is 44.2 Å².